The van der Waals surface area contributed by atoms with Crippen molar-refractivity contribution in [2.75, 3.05) is 0 Å². The minimum atomic E-state index is -2.22. The predicted molar refractivity (Wildman–Crippen MR) is 47.7 cm³/mol. The lowest BCUT2D eigenvalue weighted by atomic mass is 10.2. The van der Waals surface area contributed by atoms with Crippen molar-refractivity contribution in [1.29, 1.82) is 0 Å². The summed E-state index contributed by atoms with van der Waals surface area (Å²) in [6.07, 6.45) is -2.22. The van der Waals surface area contributed by atoms with Gasteiger partial charge in [-0.3, -0.25) is 0 Å². The van der Waals surface area contributed by atoms with Crippen LogP contribution in [-0.2, 0) is 4.79 Å². The Labute approximate surface area is 82.9 Å². The van der Waals surface area contributed by atoms with Crippen LogP contribution in [-0.4, -0.2) is 11.1 Å². The van der Waals surface area contributed by atoms with E-state index in [1.54, 1.807) is 0 Å². The maximum atomic E-state index is 13.0. The molecule has 0 fully saturated rings. The van der Waals surface area contributed by atoms with E-state index in [9.17, 15) is 13.6 Å². The monoisotopic (exact) mass is 212 g/mol. The Morgan fingerprint density at radius 1 is 1.40 bits per heavy atom. The minimum Gasteiger partial charge on any atom is -0.479 e. The fraction of sp³-hybridized carbons (Fsp3) is 0.100. The molecule has 1 aromatic carbocycles. The van der Waals surface area contributed by atoms with Crippen LogP contribution in [0.1, 0.15) is 11.9 Å². The maximum Gasteiger partial charge on any atom is 0.346 e. The Morgan fingerprint density at radius 2 is 2.13 bits per heavy atom. The minimum absolute atomic E-state index is 0.260. The number of carbonyl (C=O) groups is 1. The molecule has 78 valence electrons. The molecule has 0 aliphatic heterocycles. The van der Waals surface area contributed by atoms with Crippen LogP contribution < -0.4 is 0 Å². The molecule has 0 amide bonds. The lowest BCUT2D eigenvalue weighted by Crippen LogP contribution is -2.04. The van der Waals surface area contributed by atoms with Gasteiger partial charge in [0.25, 0.3) is 6.17 Å². The summed E-state index contributed by atoms with van der Waals surface area (Å²) >= 11 is 0. The van der Waals surface area contributed by atoms with Gasteiger partial charge in [0, 0.05) is 5.39 Å². The Balaban J connectivity index is 2.51. The molecule has 1 unspecified atom stereocenters. The average Bonchev–Trinajstić information content (AvgIpc) is 2.58. The van der Waals surface area contributed by atoms with Crippen molar-refractivity contribution in [3.8, 4) is 0 Å². The molecule has 3 nitrogen and oxygen atoms in total. The number of hydrogen-bond acceptors (Lipinski definition) is 2. The molecule has 1 atom stereocenters. The summed E-state index contributed by atoms with van der Waals surface area (Å²) in [5, 5.41) is 8.75. The standard InChI is InChI=1S/C10H6F2O3/c11-6-1-2-7-5(3-6)4-8(15-7)9(12)10(13)14/h1-4,9H,(H,13,14). The van der Waals surface area contributed by atoms with Crippen molar-refractivity contribution in [2.24, 2.45) is 0 Å². The third-order valence-corrected chi connectivity index (χ3v) is 1.96. The first kappa shape index (κ1) is 9.64. The van der Waals surface area contributed by atoms with E-state index in [1.165, 1.54) is 12.1 Å². The van der Waals surface area contributed by atoms with Crippen LogP contribution in [0.3, 0.4) is 0 Å². The fourth-order valence-electron chi connectivity index (χ4n) is 1.28. The molecule has 0 spiro atoms. The van der Waals surface area contributed by atoms with Crippen molar-refractivity contribution in [3.63, 3.8) is 0 Å². The molecule has 2 aromatic rings. The topological polar surface area (TPSA) is 50.4 Å². The summed E-state index contributed by atoms with van der Waals surface area (Å²) in [6.45, 7) is 0. The third-order valence-electron chi connectivity index (χ3n) is 1.96. The van der Waals surface area contributed by atoms with Crippen molar-refractivity contribution in [1.82, 2.24) is 0 Å². The van der Waals surface area contributed by atoms with Crippen molar-refractivity contribution in [2.45, 2.75) is 6.17 Å². The highest BCUT2D eigenvalue weighted by Gasteiger charge is 2.22. The van der Waals surface area contributed by atoms with E-state index in [2.05, 4.69) is 0 Å². The number of fused-ring (bicyclic) bond motifs is 1. The van der Waals surface area contributed by atoms with Gasteiger partial charge in [0.15, 0.2) is 5.76 Å². The molecule has 0 bridgehead atoms. The number of aliphatic carboxylic acids is 1. The summed E-state index contributed by atoms with van der Waals surface area (Å²) in [4.78, 5) is 10.3. The second kappa shape index (κ2) is 3.34. The second-order valence-corrected chi connectivity index (χ2v) is 3.03. The molecule has 5 heteroatoms. The molecule has 0 aliphatic carbocycles. The second-order valence-electron chi connectivity index (χ2n) is 3.03. The highest BCUT2D eigenvalue weighted by atomic mass is 19.1. The summed E-state index contributed by atoms with van der Waals surface area (Å²) in [6, 6.07) is 4.81. The van der Waals surface area contributed by atoms with E-state index in [1.807, 2.05) is 0 Å². The van der Waals surface area contributed by atoms with Crippen LogP contribution in [0, 0.1) is 5.82 Å². The molecule has 1 aromatic heterocycles. The number of rotatable bonds is 2. The van der Waals surface area contributed by atoms with Crippen LogP contribution in [0.25, 0.3) is 11.0 Å². The maximum absolute atomic E-state index is 13.0. The summed E-state index contributed by atoms with van der Waals surface area (Å²) in [5.74, 6) is -2.45. The van der Waals surface area contributed by atoms with Gasteiger partial charge in [0.05, 0.1) is 0 Å². The quantitative estimate of drug-likeness (QED) is 0.832. The first-order valence-electron chi connectivity index (χ1n) is 4.14. The summed E-state index contributed by atoms with van der Waals surface area (Å²) in [5.41, 5.74) is 0.260. The highest BCUT2D eigenvalue weighted by Crippen LogP contribution is 2.26. The normalized spacial score (nSPS) is 12.9. The molecular weight excluding hydrogens is 206 g/mol. The number of carboxylic acid groups (broad SMARTS) is 1. The Morgan fingerprint density at radius 3 is 2.80 bits per heavy atom. The molecule has 15 heavy (non-hydrogen) atoms. The first-order chi connectivity index (χ1) is 7.08. The van der Waals surface area contributed by atoms with Crippen LogP contribution >= 0.6 is 0 Å². The number of hydrogen-bond donors (Lipinski definition) is 1. The Hall–Kier alpha value is -1.91. The van der Waals surface area contributed by atoms with E-state index < -0.39 is 18.0 Å². The number of alkyl halides is 1. The van der Waals surface area contributed by atoms with Crippen LogP contribution in [0.4, 0.5) is 8.78 Å². The molecule has 2 rings (SSSR count). The van der Waals surface area contributed by atoms with Crippen molar-refractivity contribution in [3.05, 3.63) is 35.8 Å². The van der Waals surface area contributed by atoms with Crippen LogP contribution in [0.2, 0.25) is 0 Å². The average molecular weight is 212 g/mol. The molecule has 0 aliphatic rings. The van der Waals surface area contributed by atoms with E-state index >= 15 is 0 Å². The molecule has 1 heterocycles. The van der Waals surface area contributed by atoms with Gasteiger partial charge in [0.1, 0.15) is 11.4 Å². The number of halogens is 2. The lowest BCUT2D eigenvalue weighted by molar-refractivity contribution is -0.143. The predicted octanol–water partition coefficient (Wildman–Crippen LogP) is 2.67. The fourth-order valence-corrected chi connectivity index (χ4v) is 1.28. The van der Waals surface area contributed by atoms with E-state index in [-0.39, 0.29) is 11.3 Å². The van der Waals surface area contributed by atoms with Gasteiger partial charge in [-0.25, -0.2) is 13.6 Å². The van der Waals surface area contributed by atoms with Gasteiger partial charge < -0.3 is 9.52 Å². The Kier molecular flexibility index (Phi) is 2.15. The molecular formula is C10H6F2O3. The van der Waals surface area contributed by atoms with Gasteiger partial charge in [-0.15, -0.1) is 0 Å². The number of benzene rings is 1. The number of furan rings is 1. The zero-order valence-corrected chi connectivity index (χ0v) is 7.41. The van der Waals surface area contributed by atoms with Gasteiger partial charge in [-0.2, -0.15) is 0 Å². The van der Waals surface area contributed by atoms with Gasteiger partial charge in [0.2, 0.25) is 0 Å². The highest BCUT2D eigenvalue weighted by molar-refractivity contribution is 5.81. The third kappa shape index (κ3) is 1.68. The Bertz CT molecular complexity index is 518. The number of carboxylic acids is 1. The zero-order chi connectivity index (χ0) is 11.0. The summed E-state index contributed by atoms with van der Waals surface area (Å²) < 4.78 is 30.7. The van der Waals surface area contributed by atoms with Gasteiger partial charge in [-0.1, -0.05) is 0 Å². The van der Waals surface area contributed by atoms with Crippen LogP contribution in [0.15, 0.2) is 28.7 Å². The molecule has 0 radical (unpaired) electrons. The SMILES string of the molecule is O=C(O)C(F)c1cc2cc(F)ccc2o1. The lowest BCUT2D eigenvalue weighted by Gasteiger charge is -1.95. The van der Waals surface area contributed by atoms with Gasteiger partial charge in [-0.05, 0) is 24.3 Å². The van der Waals surface area contributed by atoms with E-state index in [0.29, 0.717) is 5.39 Å². The first-order valence-corrected chi connectivity index (χ1v) is 4.14. The largest absolute Gasteiger partial charge is 0.479 e. The van der Waals surface area contributed by atoms with Crippen LogP contribution in [0.5, 0.6) is 0 Å². The summed E-state index contributed by atoms with van der Waals surface area (Å²) in [7, 11) is 0. The van der Waals surface area contributed by atoms with Gasteiger partial charge >= 0.3 is 5.97 Å². The van der Waals surface area contributed by atoms with Crippen molar-refractivity contribution < 1.29 is 23.1 Å². The zero-order valence-electron chi connectivity index (χ0n) is 7.41. The molecule has 0 saturated carbocycles. The van der Waals surface area contributed by atoms with Crippen molar-refractivity contribution >= 4 is 16.9 Å². The van der Waals surface area contributed by atoms with E-state index in [4.69, 9.17) is 9.52 Å². The smallest absolute Gasteiger partial charge is 0.346 e. The molecule has 1 N–H and O–H groups in total. The van der Waals surface area contributed by atoms with E-state index in [0.717, 1.165) is 12.1 Å². The molecule has 0 saturated heterocycles.